The summed E-state index contributed by atoms with van der Waals surface area (Å²) in [6.07, 6.45) is 1.61. The van der Waals surface area contributed by atoms with Crippen LogP contribution in [0.25, 0.3) is 0 Å². The highest BCUT2D eigenvalue weighted by molar-refractivity contribution is 7.89. The minimum atomic E-state index is -3.38. The van der Waals surface area contributed by atoms with Crippen molar-refractivity contribution in [1.82, 2.24) is 4.72 Å². The molecule has 2 aliphatic rings. The van der Waals surface area contributed by atoms with Crippen molar-refractivity contribution < 1.29 is 13.7 Å². The number of fused-ring (bicyclic) bond motifs is 1. The van der Waals surface area contributed by atoms with Gasteiger partial charge in [0, 0.05) is 12.8 Å². The molecule has 5 nitrogen and oxygen atoms in total. The molecule has 92 valence electrons. The van der Waals surface area contributed by atoms with Gasteiger partial charge in [-0.15, -0.1) is 0 Å². The Bertz CT molecular complexity index is 535. The summed E-state index contributed by atoms with van der Waals surface area (Å²) in [6.45, 7) is 1.88. The fraction of sp³-hybridized carbons (Fsp3) is 0.455. The zero-order valence-electron chi connectivity index (χ0n) is 9.44. The highest BCUT2D eigenvalue weighted by Gasteiger charge is 2.42. The molecule has 0 unspecified atom stereocenters. The van der Waals surface area contributed by atoms with E-state index in [0.717, 1.165) is 25.9 Å². The molecule has 17 heavy (non-hydrogen) atoms. The van der Waals surface area contributed by atoms with Gasteiger partial charge in [0.05, 0.1) is 18.8 Å². The highest BCUT2D eigenvalue weighted by atomic mass is 32.2. The van der Waals surface area contributed by atoms with Gasteiger partial charge in [-0.3, -0.25) is 0 Å². The van der Waals surface area contributed by atoms with Crippen LogP contribution in [0.3, 0.4) is 0 Å². The molecular weight excluding hydrogens is 238 g/mol. The van der Waals surface area contributed by atoms with E-state index >= 15 is 0 Å². The largest absolute Gasteiger partial charge is 0.365 e. The van der Waals surface area contributed by atoms with Gasteiger partial charge >= 0.3 is 0 Å². The molecule has 1 aromatic rings. The van der Waals surface area contributed by atoms with E-state index in [9.17, 15) is 8.42 Å². The lowest BCUT2D eigenvalue weighted by Gasteiger charge is -2.41. The average molecular weight is 254 g/mol. The molecule has 1 spiro atoms. The molecule has 1 aromatic carbocycles. The number of sulfonamides is 1. The minimum Gasteiger partial charge on any atom is -0.365 e. The van der Waals surface area contributed by atoms with Gasteiger partial charge in [0.2, 0.25) is 10.0 Å². The third kappa shape index (κ3) is 1.82. The van der Waals surface area contributed by atoms with E-state index < -0.39 is 15.7 Å². The molecule has 0 aliphatic carbocycles. The summed E-state index contributed by atoms with van der Waals surface area (Å²) < 4.78 is 27.2. The lowest BCUT2D eigenvalue weighted by atomic mass is 9.98. The Kier molecular flexibility index (Phi) is 2.39. The van der Waals surface area contributed by atoms with Crippen molar-refractivity contribution in [3.63, 3.8) is 0 Å². The van der Waals surface area contributed by atoms with Crippen molar-refractivity contribution in [2.75, 3.05) is 18.4 Å². The number of hydrogen-bond acceptors (Lipinski definition) is 3. The first-order chi connectivity index (χ1) is 8.11. The smallest absolute Gasteiger partial charge is 0.244 e. The van der Waals surface area contributed by atoms with Gasteiger partial charge in [0.1, 0.15) is 10.6 Å². The van der Waals surface area contributed by atoms with Gasteiger partial charge in [-0.1, -0.05) is 12.1 Å². The predicted octanol–water partition coefficient (Wildman–Crippen LogP) is -0.556. The van der Waals surface area contributed by atoms with Gasteiger partial charge in [0.15, 0.2) is 0 Å². The molecule has 0 saturated carbocycles. The molecule has 0 aromatic heterocycles. The monoisotopic (exact) mass is 254 g/mol. The Morgan fingerprint density at radius 2 is 1.88 bits per heavy atom. The molecule has 1 fully saturated rings. The number of quaternary nitrogens is 1. The van der Waals surface area contributed by atoms with Crippen molar-refractivity contribution in [2.45, 2.75) is 23.4 Å². The predicted molar refractivity (Wildman–Crippen MR) is 64.0 cm³/mol. The van der Waals surface area contributed by atoms with E-state index in [-0.39, 0.29) is 0 Å². The van der Waals surface area contributed by atoms with E-state index in [0.29, 0.717) is 10.6 Å². The summed E-state index contributed by atoms with van der Waals surface area (Å²) in [4.78, 5) is 0.347. The van der Waals surface area contributed by atoms with Crippen LogP contribution in [0, 0.1) is 0 Å². The van der Waals surface area contributed by atoms with Crippen LogP contribution < -0.4 is 15.4 Å². The number of nitrogens with one attached hydrogen (secondary N) is 2. The van der Waals surface area contributed by atoms with Crippen molar-refractivity contribution in [2.24, 2.45) is 0 Å². The number of benzene rings is 1. The minimum absolute atomic E-state index is 0.347. The molecule has 0 bridgehead atoms. The van der Waals surface area contributed by atoms with Crippen LogP contribution in [-0.2, 0) is 10.0 Å². The first-order valence-electron chi connectivity index (χ1n) is 5.84. The fourth-order valence-electron chi connectivity index (χ4n) is 2.59. The van der Waals surface area contributed by atoms with Crippen molar-refractivity contribution in [3.8, 4) is 0 Å². The van der Waals surface area contributed by atoms with E-state index in [1.807, 2.05) is 12.1 Å². The molecule has 6 heteroatoms. The Morgan fingerprint density at radius 3 is 2.65 bits per heavy atom. The Labute approximate surface area is 101 Å². The SMILES string of the molecule is O=S1(=O)NC2(CC[NH2+]CC2)Nc2ccccc21. The highest BCUT2D eigenvalue weighted by Crippen LogP contribution is 2.32. The number of anilines is 1. The third-order valence-electron chi connectivity index (χ3n) is 3.43. The fourth-order valence-corrected chi connectivity index (χ4v) is 4.14. The van der Waals surface area contributed by atoms with Gasteiger partial charge in [-0.25, -0.2) is 8.42 Å². The first-order valence-corrected chi connectivity index (χ1v) is 7.33. The molecule has 2 heterocycles. The van der Waals surface area contributed by atoms with Gasteiger partial charge < -0.3 is 10.6 Å². The second-order valence-corrected chi connectivity index (χ2v) is 6.33. The van der Waals surface area contributed by atoms with Gasteiger partial charge in [-0.05, 0) is 12.1 Å². The van der Waals surface area contributed by atoms with Crippen molar-refractivity contribution in [3.05, 3.63) is 24.3 Å². The summed E-state index contributed by atoms with van der Waals surface area (Å²) in [5.74, 6) is 0. The number of piperidine rings is 1. The van der Waals surface area contributed by atoms with Gasteiger partial charge in [0.25, 0.3) is 0 Å². The quantitative estimate of drug-likeness (QED) is 0.581. The third-order valence-corrected chi connectivity index (χ3v) is 5.03. The summed E-state index contributed by atoms with van der Waals surface area (Å²) >= 11 is 0. The molecular formula is C11H16N3O2S+. The van der Waals surface area contributed by atoms with Crippen LogP contribution >= 0.6 is 0 Å². The zero-order valence-corrected chi connectivity index (χ0v) is 10.3. The van der Waals surface area contributed by atoms with Crippen LogP contribution in [0.1, 0.15) is 12.8 Å². The topological polar surface area (TPSA) is 74.8 Å². The molecule has 1 saturated heterocycles. The van der Waals surface area contributed by atoms with Crippen molar-refractivity contribution >= 4 is 15.7 Å². The average Bonchev–Trinajstić information content (AvgIpc) is 2.29. The van der Waals surface area contributed by atoms with Crippen LogP contribution in [0.2, 0.25) is 0 Å². The summed E-state index contributed by atoms with van der Waals surface area (Å²) in [5, 5.41) is 5.57. The second kappa shape index (κ2) is 3.69. The summed E-state index contributed by atoms with van der Waals surface area (Å²) in [7, 11) is -3.38. The number of nitrogens with two attached hydrogens (primary N) is 1. The normalized spacial score (nSPS) is 24.9. The molecule has 3 rings (SSSR count). The molecule has 0 amide bonds. The molecule has 4 N–H and O–H groups in total. The second-order valence-electron chi connectivity index (χ2n) is 4.67. The lowest BCUT2D eigenvalue weighted by molar-refractivity contribution is -0.665. The summed E-state index contributed by atoms with van der Waals surface area (Å²) in [5.41, 5.74) is 0.232. The van der Waals surface area contributed by atoms with Crippen LogP contribution in [0.4, 0.5) is 5.69 Å². The lowest BCUT2D eigenvalue weighted by Crippen LogP contribution is -2.89. The first kappa shape index (κ1) is 11.0. The van der Waals surface area contributed by atoms with E-state index in [1.165, 1.54) is 0 Å². The maximum atomic E-state index is 12.2. The Balaban J connectivity index is 2.07. The van der Waals surface area contributed by atoms with Crippen LogP contribution in [0.5, 0.6) is 0 Å². The Morgan fingerprint density at radius 1 is 1.18 bits per heavy atom. The standard InChI is InChI=1S/C11H15N3O2S/c15-17(16)10-4-2-1-3-9(10)13-11(14-17)5-7-12-8-6-11/h1-4,12-14H,5-8H2/p+1. The Hall–Kier alpha value is -1.11. The zero-order chi connectivity index (χ0) is 11.9. The van der Waals surface area contributed by atoms with E-state index in [4.69, 9.17) is 0 Å². The van der Waals surface area contributed by atoms with Gasteiger partial charge in [-0.2, -0.15) is 4.72 Å². The van der Waals surface area contributed by atoms with Crippen LogP contribution in [-0.4, -0.2) is 27.2 Å². The van der Waals surface area contributed by atoms with Crippen molar-refractivity contribution in [1.29, 1.82) is 0 Å². The molecule has 2 aliphatic heterocycles. The summed E-state index contributed by atoms with van der Waals surface area (Å²) in [6, 6.07) is 7.06. The molecule has 0 radical (unpaired) electrons. The van der Waals surface area contributed by atoms with E-state index in [2.05, 4.69) is 15.4 Å². The molecule has 0 atom stereocenters. The maximum Gasteiger partial charge on any atom is 0.244 e. The van der Waals surface area contributed by atoms with E-state index in [1.54, 1.807) is 12.1 Å². The van der Waals surface area contributed by atoms with Crippen LogP contribution in [0.15, 0.2) is 29.2 Å². The maximum absolute atomic E-state index is 12.2. The number of hydrogen-bond donors (Lipinski definition) is 3. The number of para-hydroxylation sites is 1. The number of rotatable bonds is 0.